The van der Waals surface area contributed by atoms with E-state index in [0.717, 1.165) is 25.4 Å². The second-order valence-electron chi connectivity index (χ2n) is 7.31. The van der Waals surface area contributed by atoms with E-state index in [-0.39, 0.29) is 0 Å². The van der Waals surface area contributed by atoms with Crippen molar-refractivity contribution in [1.29, 1.82) is 0 Å². The lowest BCUT2D eigenvalue weighted by atomic mass is 9.80. The van der Waals surface area contributed by atoms with Gasteiger partial charge in [-0.15, -0.1) is 0 Å². The van der Waals surface area contributed by atoms with Crippen LogP contribution in [0.4, 0.5) is 0 Å². The molecule has 1 saturated heterocycles. The summed E-state index contributed by atoms with van der Waals surface area (Å²) in [6, 6.07) is 19.2. The Morgan fingerprint density at radius 2 is 1.88 bits per heavy atom. The van der Waals surface area contributed by atoms with Crippen molar-refractivity contribution in [2.24, 2.45) is 5.41 Å². The van der Waals surface area contributed by atoms with E-state index in [1.54, 1.807) is 0 Å². The number of piperidine rings is 1. The first-order chi connectivity index (χ1) is 11.6. The van der Waals surface area contributed by atoms with Crippen molar-refractivity contribution in [3.05, 3.63) is 65.7 Å². The van der Waals surface area contributed by atoms with Crippen LogP contribution in [0.25, 0.3) is 0 Å². The van der Waals surface area contributed by atoms with Gasteiger partial charge in [0.1, 0.15) is 12.4 Å². The van der Waals surface area contributed by atoms with Crippen LogP contribution in [0.3, 0.4) is 0 Å². The molecule has 1 aliphatic heterocycles. The van der Waals surface area contributed by atoms with Crippen molar-refractivity contribution in [1.82, 2.24) is 10.6 Å². The zero-order valence-corrected chi connectivity index (χ0v) is 14.7. The summed E-state index contributed by atoms with van der Waals surface area (Å²) in [7, 11) is 0. The summed E-state index contributed by atoms with van der Waals surface area (Å²) in [6.07, 6.45) is 1.18. The van der Waals surface area contributed by atoms with Gasteiger partial charge in [0.2, 0.25) is 0 Å². The molecule has 2 N–H and O–H groups in total. The molecule has 1 unspecified atom stereocenters. The van der Waals surface area contributed by atoms with E-state index >= 15 is 0 Å². The van der Waals surface area contributed by atoms with Gasteiger partial charge in [-0.1, -0.05) is 56.3 Å². The summed E-state index contributed by atoms with van der Waals surface area (Å²) < 4.78 is 5.93. The quantitative estimate of drug-likeness (QED) is 0.849. The molecule has 2 aromatic carbocycles. The molecule has 0 aliphatic carbocycles. The van der Waals surface area contributed by atoms with Crippen LogP contribution in [0.2, 0.25) is 0 Å². The molecule has 1 aliphatic rings. The van der Waals surface area contributed by atoms with E-state index in [0.29, 0.717) is 18.1 Å². The van der Waals surface area contributed by atoms with Crippen LogP contribution in [-0.4, -0.2) is 19.1 Å². The third kappa shape index (κ3) is 4.59. The minimum atomic E-state index is 0.291. The summed E-state index contributed by atoms with van der Waals surface area (Å²) >= 11 is 0. The van der Waals surface area contributed by atoms with Gasteiger partial charge in [-0.25, -0.2) is 0 Å². The molecule has 1 heterocycles. The lowest BCUT2D eigenvalue weighted by Crippen LogP contribution is -2.52. The fraction of sp³-hybridized carbons (Fsp3) is 0.429. The van der Waals surface area contributed by atoms with Crippen molar-refractivity contribution < 1.29 is 4.74 Å². The molecule has 0 aromatic heterocycles. The van der Waals surface area contributed by atoms with Crippen LogP contribution in [0.15, 0.2) is 54.6 Å². The highest BCUT2D eigenvalue weighted by molar-refractivity contribution is 5.29. The molecule has 3 heteroatoms. The van der Waals surface area contributed by atoms with Gasteiger partial charge in [0.05, 0.1) is 0 Å². The highest BCUT2D eigenvalue weighted by Gasteiger charge is 2.31. The van der Waals surface area contributed by atoms with Crippen LogP contribution in [0.5, 0.6) is 5.75 Å². The average Bonchev–Trinajstić information content (AvgIpc) is 2.60. The molecular weight excluding hydrogens is 296 g/mol. The summed E-state index contributed by atoms with van der Waals surface area (Å²) in [5, 5.41) is 7.22. The Hall–Kier alpha value is -1.84. The van der Waals surface area contributed by atoms with Crippen LogP contribution in [-0.2, 0) is 13.2 Å². The zero-order chi connectivity index (χ0) is 16.8. The van der Waals surface area contributed by atoms with E-state index in [4.69, 9.17) is 4.74 Å². The Balaban J connectivity index is 1.55. The predicted octanol–water partition coefficient (Wildman–Crippen LogP) is 3.74. The molecular formula is C21H28N2O. The second-order valence-corrected chi connectivity index (χ2v) is 7.31. The molecule has 2 aromatic rings. The Kier molecular flexibility index (Phi) is 5.54. The van der Waals surface area contributed by atoms with E-state index in [2.05, 4.69) is 54.8 Å². The Bertz CT molecular complexity index is 639. The standard InChI is InChI=1S/C21H28N2O/c1-21(2)16-22-12-11-20(21)23-14-18-9-6-10-19(13-18)24-15-17-7-4-3-5-8-17/h3-10,13,20,22-23H,11-12,14-16H2,1-2H3. The monoisotopic (exact) mass is 324 g/mol. The maximum absolute atomic E-state index is 5.93. The summed E-state index contributed by atoms with van der Waals surface area (Å²) in [5.74, 6) is 0.933. The zero-order valence-electron chi connectivity index (χ0n) is 14.7. The molecule has 24 heavy (non-hydrogen) atoms. The first-order valence-corrected chi connectivity index (χ1v) is 8.83. The molecule has 0 radical (unpaired) electrons. The normalized spacial score (nSPS) is 19.8. The number of hydrogen-bond donors (Lipinski definition) is 2. The van der Waals surface area contributed by atoms with E-state index in [1.165, 1.54) is 17.5 Å². The van der Waals surface area contributed by atoms with Crippen molar-refractivity contribution in [2.75, 3.05) is 13.1 Å². The number of hydrogen-bond acceptors (Lipinski definition) is 3. The van der Waals surface area contributed by atoms with E-state index < -0.39 is 0 Å². The number of rotatable bonds is 6. The molecule has 128 valence electrons. The third-order valence-electron chi connectivity index (χ3n) is 4.83. The largest absolute Gasteiger partial charge is 0.489 e. The second kappa shape index (κ2) is 7.82. The average molecular weight is 324 g/mol. The number of ether oxygens (including phenoxy) is 1. The highest BCUT2D eigenvalue weighted by Crippen LogP contribution is 2.25. The molecule has 3 nitrogen and oxygen atoms in total. The van der Waals surface area contributed by atoms with Crippen molar-refractivity contribution >= 4 is 0 Å². The Morgan fingerprint density at radius 3 is 2.67 bits per heavy atom. The van der Waals surface area contributed by atoms with Gasteiger partial charge >= 0.3 is 0 Å². The van der Waals surface area contributed by atoms with Crippen LogP contribution < -0.4 is 15.4 Å². The third-order valence-corrected chi connectivity index (χ3v) is 4.83. The number of nitrogens with one attached hydrogen (secondary N) is 2. The van der Waals surface area contributed by atoms with Gasteiger partial charge in [-0.05, 0) is 41.6 Å². The predicted molar refractivity (Wildman–Crippen MR) is 99.1 cm³/mol. The molecule has 0 spiro atoms. The van der Waals surface area contributed by atoms with Gasteiger partial charge in [-0.3, -0.25) is 0 Å². The lowest BCUT2D eigenvalue weighted by Gasteiger charge is -2.39. The SMILES string of the molecule is CC1(C)CNCCC1NCc1cccc(OCc2ccccc2)c1. The van der Waals surface area contributed by atoms with Crippen molar-refractivity contribution in [3.63, 3.8) is 0 Å². The van der Waals surface area contributed by atoms with Crippen LogP contribution in [0, 0.1) is 5.41 Å². The minimum Gasteiger partial charge on any atom is -0.489 e. The summed E-state index contributed by atoms with van der Waals surface area (Å²) in [5.41, 5.74) is 2.76. The first-order valence-electron chi connectivity index (χ1n) is 8.83. The maximum atomic E-state index is 5.93. The van der Waals surface area contributed by atoms with Crippen molar-refractivity contribution in [2.45, 2.75) is 39.5 Å². The Labute approximate surface area is 145 Å². The van der Waals surface area contributed by atoms with Gasteiger partial charge in [0.15, 0.2) is 0 Å². The van der Waals surface area contributed by atoms with Gasteiger partial charge in [0.25, 0.3) is 0 Å². The van der Waals surface area contributed by atoms with E-state index in [9.17, 15) is 0 Å². The molecule has 0 saturated carbocycles. The van der Waals surface area contributed by atoms with Crippen LogP contribution >= 0.6 is 0 Å². The summed E-state index contributed by atoms with van der Waals surface area (Å²) in [4.78, 5) is 0. The fourth-order valence-electron chi connectivity index (χ4n) is 3.28. The molecule has 1 fully saturated rings. The topological polar surface area (TPSA) is 33.3 Å². The van der Waals surface area contributed by atoms with E-state index in [1.807, 2.05) is 24.3 Å². The van der Waals surface area contributed by atoms with Gasteiger partial charge < -0.3 is 15.4 Å². The smallest absolute Gasteiger partial charge is 0.120 e. The maximum Gasteiger partial charge on any atom is 0.120 e. The first kappa shape index (κ1) is 17.0. The lowest BCUT2D eigenvalue weighted by molar-refractivity contribution is 0.184. The molecule has 3 rings (SSSR count). The summed E-state index contributed by atoms with van der Waals surface area (Å²) in [6.45, 7) is 8.33. The minimum absolute atomic E-state index is 0.291. The number of benzene rings is 2. The Morgan fingerprint density at radius 1 is 1.08 bits per heavy atom. The highest BCUT2D eigenvalue weighted by atomic mass is 16.5. The molecule has 0 bridgehead atoms. The van der Waals surface area contributed by atoms with Crippen LogP contribution in [0.1, 0.15) is 31.4 Å². The molecule has 0 amide bonds. The van der Waals surface area contributed by atoms with Gasteiger partial charge in [-0.2, -0.15) is 0 Å². The fourth-order valence-corrected chi connectivity index (χ4v) is 3.28. The van der Waals surface area contributed by atoms with Gasteiger partial charge in [0, 0.05) is 19.1 Å². The molecule has 1 atom stereocenters. The van der Waals surface area contributed by atoms with Crippen molar-refractivity contribution in [3.8, 4) is 5.75 Å².